The number of carbonyl (C=O) groups excluding carboxylic acids is 1. The van der Waals surface area contributed by atoms with Gasteiger partial charge in [0, 0.05) is 5.69 Å². The zero-order chi connectivity index (χ0) is 13.9. The quantitative estimate of drug-likeness (QED) is 0.856. The zero-order valence-electron chi connectivity index (χ0n) is 11.3. The Kier molecular flexibility index (Phi) is 4.24. The van der Waals surface area contributed by atoms with Gasteiger partial charge in [-0.15, -0.1) is 11.3 Å². The second-order valence-corrected chi connectivity index (χ2v) is 6.94. The summed E-state index contributed by atoms with van der Waals surface area (Å²) in [6.07, 6.45) is 5.23. The molecular formula is C14H17N3OS2. The minimum absolute atomic E-state index is 0.0531. The molecule has 1 saturated heterocycles. The molecule has 0 unspecified atom stereocenters. The smallest absolute Gasteiger partial charge is 0.241 e. The molecule has 4 nitrogen and oxygen atoms in total. The molecule has 20 heavy (non-hydrogen) atoms. The third-order valence-electron chi connectivity index (χ3n) is 3.44. The maximum atomic E-state index is 12.2. The van der Waals surface area contributed by atoms with Gasteiger partial charge in [-0.05, 0) is 43.8 Å². The van der Waals surface area contributed by atoms with Crippen LogP contribution in [0.15, 0.2) is 22.5 Å². The maximum Gasteiger partial charge on any atom is 0.241 e. The minimum Gasteiger partial charge on any atom is -0.325 e. The first-order chi connectivity index (χ1) is 9.76. The van der Waals surface area contributed by atoms with Crippen molar-refractivity contribution in [2.45, 2.75) is 29.6 Å². The van der Waals surface area contributed by atoms with E-state index in [2.05, 4.69) is 15.6 Å². The molecule has 106 valence electrons. The fourth-order valence-electron chi connectivity index (χ4n) is 2.37. The fourth-order valence-corrected chi connectivity index (χ4v) is 3.90. The van der Waals surface area contributed by atoms with Gasteiger partial charge in [0.15, 0.2) is 4.34 Å². The van der Waals surface area contributed by atoms with Crippen molar-refractivity contribution < 1.29 is 4.79 Å². The highest BCUT2D eigenvalue weighted by Crippen LogP contribution is 2.30. The predicted octanol–water partition coefficient (Wildman–Crippen LogP) is 3.10. The van der Waals surface area contributed by atoms with Crippen LogP contribution in [0, 0.1) is 0 Å². The molecule has 1 amide bonds. The number of anilines is 1. The first-order valence-electron chi connectivity index (χ1n) is 6.75. The van der Waals surface area contributed by atoms with Crippen molar-refractivity contribution >= 4 is 44.9 Å². The van der Waals surface area contributed by atoms with Crippen LogP contribution in [0.2, 0.25) is 0 Å². The number of rotatable bonds is 3. The van der Waals surface area contributed by atoms with Crippen molar-refractivity contribution in [3.8, 4) is 0 Å². The number of fused-ring (bicyclic) bond motifs is 1. The lowest BCUT2D eigenvalue weighted by Crippen LogP contribution is -2.43. The largest absolute Gasteiger partial charge is 0.325 e. The minimum atomic E-state index is -0.0531. The van der Waals surface area contributed by atoms with E-state index in [4.69, 9.17) is 0 Å². The lowest BCUT2D eigenvalue weighted by atomic mass is 10.0. The van der Waals surface area contributed by atoms with Crippen LogP contribution in [0.3, 0.4) is 0 Å². The number of hydrogen-bond acceptors (Lipinski definition) is 5. The van der Waals surface area contributed by atoms with Crippen molar-refractivity contribution in [2.75, 3.05) is 18.1 Å². The molecule has 2 N–H and O–H groups in total. The maximum absolute atomic E-state index is 12.2. The van der Waals surface area contributed by atoms with Crippen LogP contribution in [0.4, 0.5) is 5.69 Å². The van der Waals surface area contributed by atoms with Crippen molar-refractivity contribution in [3.05, 3.63) is 18.2 Å². The molecule has 1 aliphatic rings. The van der Waals surface area contributed by atoms with Crippen molar-refractivity contribution in [3.63, 3.8) is 0 Å². The molecule has 1 atom stereocenters. The van der Waals surface area contributed by atoms with E-state index in [1.807, 2.05) is 24.5 Å². The first-order valence-corrected chi connectivity index (χ1v) is 8.79. The van der Waals surface area contributed by atoms with E-state index < -0.39 is 0 Å². The number of nitrogens with zero attached hydrogens (tertiary/aromatic N) is 1. The van der Waals surface area contributed by atoms with Gasteiger partial charge in [-0.3, -0.25) is 4.79 Å². The van der Waals surface area contributed by atoms with Gasteiger partial charge in [0.05, 0.1) is 16.3 Å². The predicted molar refractivity (Wildman–Crippen MR) is 85.7 cm³/mol. The summed E-state index contributed by atoms with van der Waals surface area (Å²) in [6.45, 7) is 0.934. The molecular weight excluding hydrogens is 290 g/mol. The summed E-state index contributed by atoms with van der Waals surface area (Å²) in [5.74, 6) is 0.0682. The van der Waals surface area contributed by atoms with E-state index in [1.165, 1.54) is 0 Å². The number of carbonyl (C=O) groups is 1. The lowest BCUT2D eigenvalue weighted by molar-refractivity contribution is -0.118. The summed E-state index contributed by atoms with van der Waals surface area (Å²) in [5, 5.41) is 6.27. The summed E-state index contributed by atoms with van der Waals surface area (Å²) in [6, 6.07) is 5.85. The molecule has 1 aromatic carbocycles. The van der Waals surface area contributed by atoms with E-state index in [0.29, 0.717) is 0 Å². The molecule has 6 heteroatoms. The van der Waals surface area contributed by atoms with E-state index in [9.17, 15) is 4.79 Å². The van der Waals surface area contributed by atoms with Gasteiger partial charge in [-0.2, -0.15) is 0 Å². The summed E-state index contributed by atoms with van der Waals surface area (Å²) >= 11 is 3.31. The van der Waals surface area contributed by atoms with Gasteiger partial charge in [0.1, 0.15) is 0 Å². The number of piperidine rings is 1. The van der Waals surface area contributed by atoms with Crippen LogP contribution < -0.4 is 10.6 Å². The van der Waals surface area contributed by atoms with E-state index >= 15 is 0 Å². The van der Waals surface area contributed by atoms with Crippen molar-refractivity contribution in [1.82, 2.24) is 10.3 Å². The van der Waals surface area contributed by atoms with Gasteiger partial charge in [-0.25, -0.2) is 4.98 Å². The Bertz CT molecular complexity index is 620. The van der Waals surface area contributed by atoms with Crippen LogP contribution in [-0.4, -0.2) is 29.7 Å². The average Bonchev–Trinajstić information content (AvgIpc) is 2.90. The van der Waals surface area contributed by atoms with Gasteiger partial charge in [0.25, 0.3) is 0 Å². The number of benzene rings is 1. The summed E-state index contributed by atoms with van der Waals surface area (Å²) in [7, 11) is 0. The van der Waals surface area contributed by atoms with Crippen LogP contribution in [0.1, 0.15) is 19.3 Å². The molecule has 3 rings (SSSR count). The fraction of sp³-hybridized carbons (Fsp3) is 0.429. The Morgan fingerprint density at radius 2 is 2.40 bits per heavy atom. The van der Waals surface area contributed by atoms with Gasteiger partial charge < -0.3 is 10.6 Å². The van der Waals surface area contributed by atoms with E-state index in [0.717, 1.165) is 46.1 Å². The van der Waals surface area contributed by atoms with Crippen molar-refractivity contribution in [1.29, 1.82) is 0 Å². The molecule has 0 aliphatic carbocycles. The highest BCUT2D eigenvalue weighted by Gasteiger charge is 2.20. The highest BCUT2D eigenvalue weighted by atomic mass is 32.2. The molecule has 1 aromatic heterocycles. The Balaban J connectivity index is 1.74. The third kappa shape index (κ3) is 2.97. The standard InChI is InChI=1S/C14H17N3OS2/c1-19-14-17-10-6-5-9(8-12(10)20-14)16-13(18)11-4-2-3-7-15-11/h5-6,8,11,15H,2-4,7H2,1H3,(H,16,18)/t11-/m1/s1. The normalized spacial score (nSPS) is 19.1. The molecule has 0 saturated carbocycles. The molecule has 2 heterocycles. The van der Waals surface area contributed by atoms with Gasteiger partial charge >= 0.3 is 0 Å². The number of thiazole rings is 1. The van der Waals surface area contributed by atoms with Crippen LogP contribution in [0.25, 0.3) is 10.2 Å². The number of hydrogen-bond donors (Lipinski definition) is 2. The molecule has 0 radical (unpaired) electrons. The van der Waals surface area contributed by atoms with Crippen LogP contribution >= 0.6 is 23.1 Å². The first kappa shape index (κ1) is 13.9. The Morgan fingerprint density at radius 1 is 1.50 bits per heavy atom. The average molecular weight is 307 g/mol. The Labute approximate surface area is 126 Å². The summed E-state index contributed by atoms with van der Waals surface area (Å²) < 4.78 is 2.17. The molecule has 0 spiro atoms. The van der Waals surface area contributed by atoms with Crippen LogP contribution in [-0.2, 0) is 4.79 Å². The molecule has 1 fully saturated rings. The third-order valence-corrected chi connectivity index (χ3v) is 5.44. The zero-order valence-corrected chi connectivity index (χ0v) is 12.9. The number of amides is 1. The second-order valence-electron chi connectivity index (χ2n) is 4.86. The van der Waals surface area contributed by atoms with Gasteiger partial charge in [-0.1, -0.05) is 18.2 Å². The molecule has 2 aromatic rings. The highest BCUT2D eigenvalue weighted by molar-refractivity contribution is 8.00. The van der Waals surface area contributed by atoms with Gasteiger partial charge in [0.2, 0.25) is 5.91 Å². The summed E-state index contributed by atoms with van der Waals surface area (Å²) in [4.78, 5) is 16.7. The number of thioether (sulfide) groups is 1. The van der Waals surface area contributed by atoms with Crippen molar-refractivity contribution in [2.24, 2.45) is 0 Å². The second kappa shape index (κ2) is 6.11. The monoisotopic (exact) mass is 307 g/mol. The number of nitrogens with one attached hydrogen (secondary N) is 2. The Morgan fingerprint density at radius 3 is 3.15 bits per heavy atom. The SMILES string of the molecule is CSc1nc2ccc(NC(=O)[C@H]3CCCCN3)cc2s1. The Hall–Kier alpha value is -1.11. The lowest BCUT2D eigenvalue weighted by Gasteiger charge is -2.22. The molecule has 0 bridgehead atoms. The summed E-state index contributed by atoms with van der Waals surface area (Å²) in [5.41, 5.74) is 1.85. The van der Waals surface area contributed by atoms with Crippen LogP contribution in [0.5, 0.6) is 0 Å². The van der Waals surface area contributed by atoms with E-state index in [-0.39, 0.29) is 11.9 Å². The topological polar surface area (TPSA) is 54.0 Å². The molecule has 1 aliphatic heterocycles. The number of aromatic nitrogens is 1. The van der Waals surface area contributed by atoms with E-state index in [1.54, 1.807) is 23.1 Å².